The molecule has 2 aromatic carbocycles. The topological polar surface area (TPSA) is 84.0 Å². The fraction of sp³-hybridized carbons (Fsp3) is 0.300. The molecule has 2 rings (SSSR count). The van der Waals surface area contributed by atoms with Crippen molar-refractivity contribution >= 4 is 41.5 Å². The molecule has 0 heterocycles. The number of ether oxygens (including phenoxy) is 2. The Hall–Kier alpha value is -2.56. The van der Waals surface area contributed by atoms with Gasteiger partial charge in [-0.1, -0.05) is 12.1 Å². The van der Waals surface area contributed by atoms with Gasteiger partial charge in [0.05, 0.1) is 27.3 Å². The van der Waals surface area contributed by atoms with Gasteiger partial charge in [0.15, 0.2) is 17.5 Å². The van der Waals surface area contributed by atoms with E-state index in [2.05, 4.69) is 20.9 Å². The predicted molar refractivity (Wildman–Crippen MR) is 123 cm³/mol. The van der Waals surface area contributed by atoms with Crippen LogP contribution >= 0.6 is 24.0 Å². The molecule has 9 heteroatoms. The van der Waals surface area contributed by atoms with Gasteiger partial charge in [0, 0.05) is 12.2 Å². The monoisotopic (exact) mass is 516 g/mol. The molecule has 0 spiro atoms. The van der Waals surface area contributed by atoms with Crippen molar-refractivity contribution in [3.63, 3.8) is 0 Å². The van der Waals surface area contributed by atoms with E-state index in [1.165, 1.54) is 18.2 Å². The van der Waals surface area contributed by atoms with Crippen molar-refractivity contribution in [2.75, 3.05) is 32.6 Å². The molecule has 0 aliphatic heterocycles. The number of carbonyl (C=O) groups is 1. The molecular formula is C20H26FIN4O3. The number of nitrogens with one attached hydrogen (secondary N) is 3. The maximum Gasteiger partial charge on any atom is 0.243 e. The summed E-state index contributed by atoms with van der Waals surface area (Å²) in [6, 6.07) is 11.3. The zero-order chi connectivity index (χ0) is 20.4. The van der Waals surface area contributed by atoms with Crippen molar-refractivity contribution in [1.29, 1.82) is 0 Å². The molecule has 29 heavy (non-hydrogen) atoms. The number of guanidine groups is 1. The molecule has 0 fully saturated rings. The standard InChI is InChI=1S/C20H25FN4O3.HI/c1-4-22-20(23-12-14-8-9-17(27-2)18(10-14)28-3)24-13-19(26)25-16-7-5-6-15(21)11-16;/h5-11H,4,12-13H2,1-3H3,(H,25,26)(H2,22,23,24);1H. The van der Waals surface area contributed by atoms with Crippen LogP contribution in [0.4, 0.5) is 10.1 Å². The van der Waals surface area contributed by atoms with Gasteiger partial charge in [0.25, 0.3) is 0 Å². The van der Waals surface area contributed by atoms with E-state index in [9.17, 15) is 9.18 Å². The Morgan fingerprint density at radius 3 is 2.48 bits per heavy atom. The summed E-state index contributed by atoms with van der Waals surface area (Å²) in [4.78, 5) is 16.5. The van der Waals surface area contributed by atoms with E-state index in [1.807, 2.05) is 25.1 Å². The quantitative estimate of drug-likeness (QED) is 0.285. The minimum Gasteiger partial charge on any atom is -0.493 e. The van der Waals surface area contributed by atoms with Gasteiger partial charge in [-0.3, -0.25) is 4.79 Å². The summed E-state index contributed by atoms with van der Waals surface area (Å²) in [5.41, 5.74) is 1.33. The molecule has 7 nitrogen and oxygen atoms in total. The van der Waals surface area contributed by atoms with Gasteiger partial charge in [-0.25, -0.2) is 9.38 Å². The van der Waals surface area contributed by atoms with Gasteiger partial charge in [-0.15, -0.1) is 24.0 Å². The van der Waals surface area contributed by atoms with Crippen molar-refractivity contribution in [3.05, 3.63) is 53.8 Å². The van der Waals surface area contributed by atoms with Crippen LogP contribution in [0.15, 0.2) is 47.5 Å². The molecule has 0 bridgehead atoms. The number of hydrogen-bond acceptors (Lipinski definition) is 4. The van der Waals surface area contributed by atoms with Crippen LogP contribution in [0.25, 0.3) is 0 Å². The Morgan fingerprint density at radius 2 is 1.83 bits per heavy atom. The second-order valence-electron chi connectivity index (χ2n) is 5.80. The second-order valence-corrected chi connectivity index (χ2v) is 5.80. The molecule has 0 atom stereocenters. The molecule has 0 radical (unpaired) electrons. The Labute approximate surface area is 187 Å². The Bertz CT molecular complexity index is 833. The van der Waals surface area contributed by atoms with Crippen LogP contribution in [-0.4, -0.2) is 39.2 Å². The third kappa shape index (κ3) is 8.14. The van der Waals surface area contributed by atoms with Crippen molar-refractivity contribution in [2.24, 2.45) is 4.99 Å². The Kier molecular flexibility index (Phi) is 10.8. The lowest BCUT2D eigenvalue weighted by molar-refractivity contribution is -0.115. The summed E-state index contributed by atoms with van der Waals surface area (Å²) in [7, 11) is 3.16. The van der Waals surface area contributed by atoms with Crippen LogP contribution < -0.4 is 25.4 Å². The first-order valence-electron chi connectivity index (χ1n) is 8.84. The number of hydrogen-bond donors (Lipinski definition) is 3. The minimum absolute atomic E-state index is 0. The van der Waals surface area contributed by atoms with Crippen LogP contribution in [0.5, 0.6) is 11.5 Å². The lowest BCUT2D eigenvalue weighted by Crippen LogP contribution is -2.41. The molecular weight excluding hydrogens is 490 g/mol. The third-order valence-corrected chi connectivity index (χ3v) is 3.74. The number of carbonyl (C=O) groups excluding carboxylic acids is 1. The Morgan fingerprint density at radius 1 is 1.07 bits per heavy atom. The highest BCUT2D eigenvalue weighted by atomic mass is 127. The van der Waals surface area contributed by atoms with E-state index in [0.29, 0.717) is 36.2 Å². The number of anilines is 1. The van der Waals surface area contributed by atoms with Crippen LogP contribution in [0.1, 0.15) is 12.5 Å². The summed E-state index contributed by atoms with van der Waals surface area (Å²) in [6.45, 7) is 2.96. The Balaban J connectivity index is 0.00000420. The zero-order valence-electron chi connectivity index (χ0n) is 16.6. The van der Waals surface area contributed by atoms with E-state index < -0.39 is 5.82 Å². The number of amides is 1. The SMILES string of the molecule is CCNC(=NCc1ccc(OC)c(OC)c1)NCC(=O)Nc1cccc(F)c1.I. The summed E-state index contributed by atoms with van der Waals surface area (Å²) in [5, 5.41) is 8.66. The van der Waals surface area contributed by atoms with E-state index in [1.54, 1.807) is 20.3 Å². The molecule has 0 aliphatic rings. The number of rotatable bonds is 8. The number of benzene rings is 2. The smallest absolute Gasteiger partial charge is 0.243 e. The summed E-state index contributed by atoms with van der Waals surface area (Å²) in [5.74, 6) is 1.06. The summed E-state index contributed by atoms with van der Waals surface area (Å²) in [6.07, 6.45) is 0. The van der Waals surface area contributed by atoms with Crippen molar-refractivity contribution in [1.82, 2.24) is 10.6 Å². The molecule has 0 saturated carbocycles. The highest BCUT2D eigenvalue weighted by Crippen LogP contribution is 2.27. The molecule has 1 amide bonds. The van der Waals surface area contributed by atoms with Crippen LogP contribution in [0.2, 0.25) is 0 Å². The van der Waals surface area contributed by atoms with E-state index in [-0.39, 0.29) is 36.4 Å². The van der Waals surface area contributed by atoms with Gasteiger partial charge in [-0.05, 0) is 42.8 Å². The van der Waals surface area contributed by atoms with Crippen LogP contribution in [0.3, 0.4) is 0 Å². The molecule has 0 aliphatic carbocycles. The largest absolute Gasteiger partial charge is 0.493 e. The maximum atomic E-state index is 13.2. The van der Waals surface area contributed by atoms with Gasteiger partial charge in [0.2, 0.25) is 5.91 Å². The molecule has 2 aromatic rings. The molecule has 158 valence electrons. The van der Waals surface area contributed by atoms with Crippen LogP contribution in [0, 0.1) is 5.82 Å². The fourth-order valence-electron chi connectivity index (χ4n) is 2.43. The lowest BCUT2D eigenvalue weighted by Gasteiger charge is -2.12. The molecule has 0 aromatic heterocycles. The van der Waals surface area contributed by atoms with E-state index in [0.717, 1.165) is 5.56 Å². The maximum absolute atomic E-state index is 13.2. The molecule has 0 unspecified atom stereocenters. The zero-order valence-corrected chi connectivity index (χ0v) is 19.0. The normalized spacial score (nSPS) is 10.6. The number of halogens is 2. The number of aliphatic imine (C=N–C) groups is 1. The predicted octanol–water partition coefficient (Wildman–Crippen LogP) is 3.15. The average molecular weight is 516 g/mol. The summed E-state index contributed by atoms with van der Waals surface area (Å²) < 4.78 is 23.7. The third-order valence-electron chi connectivity index (χ3n) is 3.74. The molecule has 3 N–H and O–H groups in total. The second kappa shape index (κ2) is 12.8. The average Bonchev–Trinajstić information content (AvgIpc) is 2.69. The highest BCUT2D eigenvalue weighted by molar-refractivity contribution is 14.0. The van der Waals surface area contributed by atoms with Crippen LogP contribution in [-0.2, 0) is 11.3 Å². The first kappa shape index (κ1) is 24.5. The van der Waals surface area contributed by atoms with Crippen molar-refractivity contribution in [2.45, 2.75) is 13.5 Å². The van der Waals surface area contributed by atoms with Crippen molar-refractivity contribution in [3.8, 4) is 11.5 Å². The van der Waals surface area contributed by atoms with E-state index >= 15 is 0 Å². The van der Waals surface area contributed by atoms with Gasteiger partial charge < -0.3 is 25.4 Å². The lowest BCUT2D eigenvalue weighted by atomic mass is 10.2. The highest BCUT2D eigenvalue weighted by Gasteiger charge is 2.07. The van der Waals surface area contributed by atoms with E-state index in [4.69, 9.17) is 9.47 Å². The minimum atomic E-state index is -0.407. The van der Waals surface area contributed by atoms with Gasteiger partial charge in [0.1, 0.15) is 5.82 Å². The fourth-order valence-corrected chi connectivity index (χ4v) is 2.43. The van der Waals surface area contributed by atoms with Gasteiger partial charge in [-0.2, -0.15) is 0 Å². The molecule has 0 saturated heterocycles. The number of methoxy groups -OCH3 is 2. The first-order valence-corrected chi connectivity index (χ1v) is 8.84. The number of nitrogens with zero attached hydrogens (tertiary/aromatic N) is 1. The summed E-state index contributed by atoms with van der Waals surface area (Å²) >= 11 is 0. The van der Waals surface area contributed by atoms with Gasteiger partial charge >= 0.3 is 0 Å². The first-order chi connectivity index (χ1) is 13.5. The van der Waals surface area contributed by atoms with Crippen molar-refractivity contribution < 1.29 is 18.7 Å².